The first-order valence-corrected chi connectivity index (χ1v) is 11.2. The van der Waals surface area contributed by atoms with Crippen molar-refractivity contribution in [2.75, 3.05) is 6.61 Å². The molecule has 0 spiro atoms. The van der Waals surface area contributed by atoms with Crippen LogP contribution in [0, 0.1) is 28.6 Å². The number of aliphatic hydroxyl groups is 3. The first-order valence-electron chi connectivity index (χ1n) is 11.2. The first-order chi connectivity index (χ1) is 13.7. The van der Waals surface area contributed by atoms with Gasteiger partial charge in [-0.05, 0) is 74.7 Å². The van der Waals surface area contributed by atoms with Crippen LogP contribution in [-0.2, 0) is 14.3 Å². The van der Waals surface area contributed by atoms with E-state index in [-0.39, 0.29) is 35.6 Å². The third-order valence-electron chi connectivity index (χ3n) is 9.85. The third kappa shape index (κ3) is 2.34. The molecule has 0 aromatic carbocycles. The Hall–Kier alpha value is -1.24. The summed E-state index contributed by atoms with van der Waals surface area (Å²) in [5.41, 5.74) is -2.34. The Morgan fingerprint density at radius 1 is 1.07 bits per heavy atom. The van der Waals surface area contributed by atoms with Crippen molar-refractivity contribution in [1.29, 1.82) is 0 Å². The predicted octanol–water partition coefficient (Wildman–Crippen LogP) is 1.90. The smallest absolute Gasteiger partial charge is 0.331 e. The molecule has 6 unspecified atom stereocenters. The number of aldehydes is 1. The van der Waals surface area contributed by atoms with Gasteiger partial charge in [0.05, 0.1) is 22.7 Å². The maximum atomic E-state index is 12.5. The molecule has 6 nitrogen and oxygen atoms in total. The maximum Gasteiger partial charge on any atom is 0.331 e. The van der Waals surface area contributed by atoms with Gasteiger partial charge in [0, 0.05) is 17.9 Å². The number of esters is 1. The molecule has 8 atom stereocenters. The summed E-state index contributed by atoms with van der Waals surface area (Å²) >= 11 is 0. The SMILES string of the molecule is CC12CCC3C(CC[C@@]4(O)C[C@@H](O)CCC34C=O)C1(O)CCC2C1=CC(=O)OC1. The summed E-state index contributed by atoms with van der Waals surface area (Å²) in [5, 5.41) is 33.7. The Morgan fingerprint density at radius 2 is 1.83 bits per heavy atom. The van der Waals surface area contributed by atoms with Gasteiger partial charge in [0.25, 0.3) is 0 Å². The Morgan fingerprint density at radius 3 is 2.52 bits per heavy atom. The van der Waals surface area contributed by atoms with Gasteiger partial charge >= 0.3 is 5.97 Å². The van der Waals surface area contributed by atoms with Crippen LogP contribution in [-0.4, -0.2) is 51.5 Å². The molecule has 0 bridgehead atoms. The van der Waals surface area contributed by atoms with Gasteiger partial charge < -0.3 is 24.9 Å². The van der Waals surface area contributed by atoms with E-state index in [0.29, 0.717) is 38.7 Å². The molecule has 5 rings (SSSR count). The minimum atomic E-state index is -1.18. The Kier molecular flexibility index (Phi) is 4.18. The van der Waals surface area contributed by atoms with Crippen molar-refractivity contribution in [3.8, 4) is 0 Å². The molecule has 1 heterocycles. The summed E-state index contributed by atoms with van der Waals surface area (Å²) in [6, 6.07) is 0. The summed E-state index contributed by atoms with van der Waals surface area (Å²) in [7, 11) is 0. The number of hydrogen-bond donors (Lipinski definition) is 3. The van der Waals surface area contributed by atoms with Crippen molar-refractivity contribution in [2.45, 2.75) is 82.0 Å². The number of rotatable bonds is 2. The highest BCUT2D eigenvalue weighted by atomic mass is 16.5. The van der Waals surface area contributed by atoms with Gasteiger partial charge in [0.2, 0.25) is 0 Å². The van der Waals surface area contributed by atoms with Crippen LogP contribution in [0.15, 0.2) is 11.6 Å². The van der Waals surface area contributed by atoms with Gasteiger partial charge in [-0.1, -0.05) is 6.92 Å². The molecule has 5 aliphatic rings. The van der Waals surface area contributed by atoms with Crippen molar-refractivity contribution in [3.63, 3.8) is 0 Å². The lowest BCUT2D eigenvalue weighted by Crippen LogP contribution is -2.68. The summed E-state index contributed by atoms with van der Waals surface area (Å²) in [5.74, 6) is -0.304. The number of aliphatic hydroxyl groups excluding tert-OH is 1. The zero-order valence-electron chi connectivity index (χ0n) is 17.1. The molecular formula is C23H32O6. The van der Waals surface area contributed by atoms with Crippen LogP contribution in [0.25, 0.3) is 0 Å². The Labute approximate surface area is 171 Å². The minimum Gasteiger partial charge on any atom is -0.458 e. The zero-order chi connectivity index (χ0) is 20.7. The normalized spacial score (nSPS) is 54.1. The first kappa shape index (κ1) is 19.7. The van der Waals surface area contributed by atoms with Crippen LogP contribution >= 0.6 is 0 Å². The second kappa shape index (κ2) is 6.14. The quantitative estimate of drug-likeness (QED) is 0.480. The summed E-state index contributed by atoms with van der Waals surface area (Å²) in [4.78, 5) is 24.1. The fraction of sp³-hybridized carbons (Fsp3) is 0.826. The molecule has 3 N–H and O–H groups in total. The average Bonchev–Trinajstić information content (AvgIpc) is 3.21. The highest BCUT2D eigenvalue weighted by molar-refractivity contribution is 5.85. The van der Waals surface area contributed by atoms with Gasteiger partial charge in [-0.25, -0.2) is 4.79 Å². The number of carbonyl (C=O) groups is 2. The van der Waals surface area contributed by atoms with E-state index in [1.807, 2.05) is 0 Å². The summed E-state index contributed by atoms with van der Waals surface area (Å²) < 4.78 is 5.15. The second-order valence-electron chi connectivity index (χ2n) is 10.6. The third-order valence-corrected chi connectivity index (χ3v) is 9.85. The predicted molar refractivity (Wildman–Crippen MR) is 104 cm³/mol. The van der Waals surface area contributed by atoms with Crippen LogP contribution in [0.1, 0.15) is 64.7 Å². The van der Waals surface area contributed by atoms with Crippen LogP contribution in [0.2, 0.25) is 0 Å². The van der Waals surface area contributed by atoms with E-state index in [9.17, 15) is 24.9 Å². The van der Waals surface area contributed by atoms with Gasteiger partial charge in [-0.3, -0.25) is 0 Å². The van der Waals surface area contributed by atoms with E-state index in [2.05, 4.69) is 6.92 Å². The van der Waals surface area contributed by atoms with E-state index in [0.717, 1.165) is 31.1 Å². The van der Waals surface area contributed by atoms with Crippen molar-refractivity contribution in [1.82, 2.24) is 0 Å². The van der Waals surface area contributed by atoms with Gasteiger partial charge in [0.1, 0.15) is 12.9 Å². The molecule has 29 heavy (non-hydrogen) atoms. The maximum absolute atomic E-state index is 12.5. The molecule has 0 saturated heterocycles. The van der Waals surface area contributed by atoms with E-state index in [1.165, 1.54) is 0 Å². The number of cyclic esters (lactones) is 1. The molecule has 0 aromatic heterocycles. The topological polar surface area (TPSA) is 104 Å². The highest BCUT2D eigenvalue weighted by Gasteiger charge is 2.71. The van der Waals surface area contributed by atoms with E-state index >= 15 is 0 Å². The lowest BCUT2D eigenvalue weighted by Gasteiger charge is -2.65. The number of carbonyl (C=O) groups excluding carboxylic acids is 2. The molecule has 0 radical (unpaired) electrons. The second-order valence-corrected chi connectivity index (χ2v) is 10.6. The summed E-state index contributed by atoms with van der Waals surface area (Å²) in [6.45, 7) is 2.46. The molecule has 0 aromatic rings. The van der Waals surface area contributed by atoms with Crippen LogP contribution in [0.5, 0.6) is 0 Å². The van der Waals surface area contributed by atoms with Crippen molar-refractivity contribution in [3.05, 3.63) is 11.6 Å². The number of hydrogen-bond acceptors (Lipinski definition) is 6. The highest BCUT2D eigenvalue weighted by Crippen LogP contribution is 2.70. The van der Waals surface area contributed by atoms with E-state index in [1.54, 1.807) is 6.08 Å². The molecular weight excluding hydrogens is 372 g/mol. The lowest BCUT2D eigenvalue weighted by molar-refractivity contribution is -0.248. The van der Waals surface area contributed by atoms with Crippen molar-refractivity contribution < 1.29 is 29.6 Å². The molecule has 4 aliphatic carbocycles. The van der Waals surface area contributed by atoms with Gasteiger partial charge in [-0.2, -0.15) is 0 Å². The number of fused-ring (bicyclic) bond motifs is 5. The molecule has 1 aliphatic heterocycles. The molecule has 4 fully saturated rings. The van der Waals surface area contributed by atoms with Crippen LogP contribution in [0.4, 0.5) is 0 Å². The van der Waals surface area contributed by atoms with Crippen molar-refractivity contribution in [2.24, 2.45) is 28.6 Å². The number of ether oxygens (including phenoxy) is 1. The molecule has 4 saturated carbocycles. The fourth-order valence-electron chi connectivity index (χ4n) is 8.34. The average molecular weight is 405 g/mol. The van der Waals surface area contributed by atoms with Crippen LogP contribution in [0.3, 0.4) is 0 Å². The van der Waals surface area contributed by atoms with Crippen LogP contribution < -0.4 is 0 Å². The molecule has 6 heteroatoms. The zero-order valence-corrected chi connectivity index (χ0v) is 17.1. The fourth-order valence-corrected chi connectivity index (χ4v) is 8.34. The van der Waals surface area contributed by atoms with E-state index in [4.69, 9.17) is 4.74 Å². The summed E-state index contributed by atoms with van der Waals surface area (Å²) in [6.07, 6.45) is 7.36. The minimum absolute atomic E-state index is 0.0504. The molecule has 0 amide bonds. The monoisotopic (exact) mass is 404 g/mol. The van der Waals surface area contributed by atoms with Gasteiger partial charge in [0.15, 0.2) is 0 Å². The largest absolute Gasteiger partial charge is 0.458 e. The Bertz CT molecular complexity index is 777. The lowest BCUT2D eigenvalue weighted by atomic mass is 9.41. The van der Waals surface area contributed by atoms with E-state index < -0.39 is 22.7 Å². The molecule has 160 valence electrons. The van der Waals surface area contributed by atoms with Gasteiger partial charge in [-0.15, -0.1) is 0 Å². The Balaban J connectivity index is 1.52. The van der Waals surface area contributed by atoms with Crippen molar-refractivity contribution >= 4 is 12.3 Å². The standard InChI is InChI=1S/C23H32O6/c1-20-6-3-17-18(4-8-22(27)11-15(25)2-7-21(17,22)13-24)23(20,28)9-5-16(20)14-10-19(26)29-12-14/h10,13,15-18,25,27-28H,2-9,11-12H2,1H3/t15-,16?,17?,18?,20?,21?,22+,23?/m0/s1.